The van der Waals surface area contributed by atoms with Crippen LogP contribution >= 0.6 is 47.0 Å². The van der Waals surface area contributed by atoms with Gasteiger partial charge in [-0.25, -0.2) is 0 Å². The van der Waals surface area contributed by atoms with Gasteiger partial charge in [-0.05, 0) is 149 Å². The van der Waals surface area contributed by atoms with Gasteiger partial charge in [0.15, 0.2) is 11.6 Å². The smallest absolute Gasteiger partial charge is 0.160 e. The molecule has 39 heavy (non-hydrogen) atoms. The number of halogens is 1. The molecule has 0 aliphatic heterocycles. The average Bonchev–Trinajstić information content (AvgIpc) is 2.82. The third-order valence-corrected chi connectivity index (χ3v) is 7.90. The zero-order valence-electron chi connectivity index (χ0n) is 24.0. The molecule has 0 amide bonds. The van der Waals surface area contributed by atoms with Gasteiger partial charge in [0.2, 0.25) is 0 Å². The Balaban J connectivity index is 0.000000227. The molecule has 5 heteroatoms. The first-order chi connectivity index (χ1) is 18.3. The van der Waals surface area contributed by atoms with Gasteiger partial charge in [0.25, 0.3) is 0 Å². The first kappa shape index (κ1) is 32.9. The minimum absolute atomic E-state index is 0.141. The Labute approximate surface area is 257 Å². The fourth-order valence-corrected chi connectivity index (χ4v) is 6.39. The lowest BCUT2D eigenvalue weighted by atomic mass is 10.0. The molecule has 204 valence electrons. The Kier molecular flexibility index (Phi) is 13.0. The molecule has 4 rings (SSSR count). The van der Waals surface area contributed by atoms with E-state index in [1.54, 1.807) is 25.6 Å². The van der Waals surface area contributed by atoms with Gasteiger partial charge < -0.3 is 0 Å². The van der Waals surface area contributed by atoms with E-state index in [4.69, 9.17) is 0 Å². The molecule has 0 atom stereocenters. The van der Waals surface area contributed by atoms with Crippen LogP contribution in [0.5, 0.6) is 0 Å². The summed E-state index contributed by atoms with van der Waals surface area (Å²) in [5.74, 6) is 0.295. The number of carbonyl (C=O) groups excluding carboxylic acids is 2. The quantitative estimate of drug-likeness (QED) is 0.134. The highest BCUT2D eigenvalue weighted by Crippen LogP contribution is 2.31. The number of Topliss-reactive ketones (excluding diaryl/α,β-unsaturated/α-hetero) is 2. The zero-order chi connectivity index (χ0) is 29.3. The largest absolute Gasteiger partial charge is 0.294 e. The monoisotopic (exact) mass is 668 g/mol. The molecule has 4 aromatic carbocycles. The molecule has 0 aliphatic rings. The van der Waals surface area contributed by atoms with Gasteiger partial charge in [0.05, 0.1) is 0 Å². The highest BCUT2D eigenvalue weighted by Gasteiger charge is 2.10. The average molecular weight is 669 g/mol. The van der Waals surface area contributed by atoms with Crippen molar-refractivity contribution in [2.75, 3.05) is 0 Å². The zero-order valence-corrected chi connectivity index (χ0v) is 27.8. The van der Waals surface area contributed by atoms with Crippen molar-refractivity contribution in [1.29, 1.82) is 0 Å². The summed E-state index contributed by atoms with van der Waals surface area (Å²) in [7, 11) is 0. The van der Waals surface area contributed by atoms with Crippen molar-refractivity contribution >= 4 is 58.5 Å². The van der Waals surface area contributed by atoms with Crippen LogP contribution in [0.3, 0.4) is 0 Å². The number of rotatable bonds is 4. The first-order valence-corrected chi connectivity index (χ1v) is 15.0. The van der Waals surface area contributed by atoms with E-state index in [9.17, 15) is 9.59 Å². The molecule has 0 aliphatic carbocycles. The summed E-state index contributed by atoms with van der Waals surface area (Å²) in [4.78, 5) is 26.2. The maximum Gasteiger partial charge on any atom is 0.160 e. The Morgan fingerprint density at radius 3 is 1.31 bits per heavy atom. The molecule has 0 heterocycles. The second-order valence-electron chi connectivity index (χ2n) is 9.71. The third kappa shape index (κ3) is 10.6. The molecule has 0 fully saturated rings. The molecule has 0 N–H and O–H groups in total. The maximum absolute atomic E-state index is 11.6. The van der Waals surface area contributed by atoms with Gasteiger partial charge in [-0.2, -0.15) is 0 Å². The van der Waals surface area contributed by atoms with Gasteiger partial charge in [-0.15, -0.1) is 12.6 Å². The molecule has 0 aromatic heterocycles. The standard InChI is InChI=1S/C17H18OS.C10H11IO.C7H8S/c1-11-5-7-15(8-6-11)19-16-9-12(2)17(14(4)18)13(3)10-16;1-6-4-9(11)5-7(2)10(6)8(3)12;1-6-2-4-7(8)5-3-6/h5-10H,1-4H3;4-5H,1-3H3;2-5,8H,1H3. The van der Waals surface area contributed by atoms with Crippen LogP contribution in [0, 0.1) is 45.1 Å². The topological polar surface area (TPSA) is 34.1 Å². The molecule has 0 radical (unpaired) electrons. The summed E-state index contributed by atoms with van der Waals surface area (Å²) in [5.41, 5.74) is 8.54. The number of ketones is 2. The number of thiol groups is 1. The van der Waals surface area contributed by atoms with E-state index in [1.165, 1.54) is 24.5 Å². The summed E-state index contributed by atoms with van der Waals surface area (Å²) in [6.07, 6.45) is 0. The SMILES string of the molecule is CC(=O)c1c(C)cc(I)cc1C.CC(=O)c1c(C)cc(Sc2ccc(C)cc2)cc1C.Cc1ccc(S)cc1. The van der Waals surface area contributed by atoms with Crippen LogP contribution in [0.25, 0.3) is 0 Å². The fraction of sp³-hybridized carbons (Fsp3) is 0.235. The predicted molar refractivity (Wildman–Crippen MR) is 178 cm³/mol. The van der Waals surface area contributed by atoms with Crippen molar-refractivity contribution in [2.24, 2.45) is 0 Å². The number of hydrogen-bond acceptors (Lipinski definition) is 4. The van der Waals surface area contributed by atoms with E-state index in [1.807, 2.05) is 64.1 Å². The minimum Gasteiger partial charge on any atom is -0.294 e. The molecule has 0 saturated heterocycles. The summed E-state index contributed by atoms with van der Waals surface area (Å²) in [6.45, 7) is 15.4. The van der Waals surface area contributed by atoms with E-state index in [2.05, 4.69) is 85.5 Å². The molecule has 0 bridgehead atoms. The van der Waals surface area contributed by atoms with Crippen molar-refractivity contribution in [1.82, 2.24) is 0 Å². The lowest BCUT2D eigenvalue weighted by Crippen LogP contribution is -2.00. The highest BCUT2D eigenvalue weighted by molar-refractivity contribution is 14.1. The Morgan fingerprint density at radius 2 is 0.949 bits per heavy atom. The van der Waals surface area contributed by atoms with Crippen LogP contribution in [0.4, 0.5) is 0 Å². The van der Waals surface area contributed by atoms with Crippen LogP contribution < -0.4 is 0 Å². The van der Waals surface area contributed by atoms with Crippen LogP contribution in [-0.2, 0) is 0 Å². The molecule has 0 saturated carbocycles. The lowest BCUT2D eigenvalue weighted by molar-refractivity contribution is 0.100. The number of benzene rings is 4. The minimum atomic E-state index is 0.141. The lowest BCUT2D eigenvalue weighted by Gasteiger charge is -2.10. The molecule has 0 unspecified atom stereocenters. The van der Waals surface area contributed by atoms with E-state index in [0.717, 1.165) is 38.3 Å². The van der Waals surface area contributed by atoms with Crippen molar-refractivity contribution in [3.8, 4) is 0 Å². The first-order valence-electron chi connectivity index (χ1n) is 12.7. The molecule has 2 nitrogen and oxygen atoms in total. The number of hydrogen-bond donors (Lipinski definition) is 1. The fourth-order valence-electron chi connectivity index (χ4n) is 4.29. The summed E-state index contributed by atoms with van der Waals surface area (Å²) < 4.78 is 1.19. The van der Waals surface area contributed by atoms with Crippen LogP contribution in [0.2, 0.25) is 0 Å². The van der Waals surface area contributed by atoms with Gasteiger partial charge in [-0.1, -0.05) is 47.2 Å². The summed E-state index contributed by atoms with van der Waals surface area (Å²) in [5, 5.41) is 0. The van der Waals surface area contributed by atoms with Crippen molar-refractivity contribution in [2.45, 2.75) is 70.1 Å². The summed E-state index contributed by atoms with van der Waals surface area (Å²) in [6, 6.07) is 24.8. The second-order valence-corrected chi connectivity index (χ2v) is 12.6. The molecular weight excluding hydrogens is 631 g/mol. The van der Waals surface area contributed by atoms with E-state index in [-0.39, 0.29) is 11.6 Å². The number of carbonyl (C=O) groups is 2. The molecule has 0 spiro atoms. The predicted octanol–water partition coefficient (Wildman–Crippen LogP) is 10.4. The van der Waals surface area contributed by atoms with Gasteiger partial charge >= 0.3 is 0 Å². The normalized spacial score (nSPS) is 10.1. The number of aryl methyl sites for hydroxylation is 6. The van der Waals surface area contributed by atoms with Crippen molar-refractivity contribution in [3.05, 3.63) is 121 Å². The highest BCUT2D eigenvalue weighted by atomic mass is 127. The van der Waals surface area contributed by atoms with Crippen LogP contribution in [0.1, 0.15) is 67.9 Å². The van der Waals surface area contributed by atoms with E-state index < -0.39 is 0 Å². The third-order valence-electron chi connectivity index (χ3n) is 6.00. The van der Waals surface area contributed by atoms with Crippen LogP contribution in [0.15, 0.2) is 87.5 Å². The van der Waals surface area contributed by atoms with Crippen LogP contribution in [-0.4, -0.2) is 11.6 Å². The molecular formula is C34H37IO2S2. The van der Waals surface area contributed by atoms with Gasteiger partial charge in [-0.3, -0.25) is 9.59 Å². The van der Waals surface area contributed by atoms with Crippen molar-refractivity contribution in [3.63, 3.8) is 0 Å². The molecule has 4 aromatic rings. The van der Waals surface area contributed by atoms with E-state index in [0.29, 0.717) is 0 Å². The Hall–Kier alpha value is -2.35. The Bertz CT molecular complexity index is 1370. The second kappa shape index (κ2) is 15.4. The van der Waals surface area contributed by atoms with Gasteiger partial charge in [0.1, 0.15) is 0 Å². The van der Waals surface area contributed by atoms with Crippen molar-refractivity contribution < 1.29 is 9.59 Å². The van der Waals surface area contributed by atoms with Gasteiger partial charge in [0, 0.05) is 29.4 Å². The van der Waals surface area contributed by atoms with E-state index >= 15 is 0 Å². The Morgan fingerprint density at radius 1 is 0.590 bits per heavy atom. The maximum atomic E-state index is 11.6. The summed E-state index contributed by atoms with van der Waals surface area (Å²) >= 11 is 8.13.